The van der Waals surface area contributed by atoms with Crippen molar-refractivity contribution in [2.45, 2.75) is 0 Å². The van der Waals surface area contributed by atoms with E-state index < -0.39 is 0 Å². The van der Waals surface area contributed by atoms with Gasteiger partial charge in [0.1, 0.15) is 5.82 Å². The van der Waals surface area contributed by atoms with Gasteiger partial charge in [-0.1, -0.05) is 6.07 Å². The van der Waals surface area contributed by atoms with E-state index >= 15 is 0 Å². The number of aromatic amines is 1. The molecule has 0 saturated carbocycles. The Morgan fingerprint density at radius 1 is 1.26 bits per heavy atom. The van der Waals surface area contributed by atoms with Gasteiger partial charge in [0.25, 0.3) is 0 Å². The molecule has 3 rings (SSSR count). The molecule has 1 fully saturated rings. The summed E-state index contributed by atoms with van der Waals surface area (Å²) >= 11 is 3.64. The highest BCUT2D eigenvalue weighted by atomic mass is 79.9. The Morgan fingerprint density at radius 2 is 2.05 bits per heavy atom. The first-order chi connectivity index (χ1) is 9.24. The summed E-state index contributed by atoms with van der Waals surface area (Å²) in [6.07, 6.45) is 0. The van der Waals surface area contributed by atoms with Crippen LogP contribution >= 0.6 is 15.9 Å². The van der Waals surface area contributed by atoms with Gasteiger partial charge in [-0.25, -0.2) is 0 Å². The Bertz CT molecular complexity index is 578. The highest BCUT2D eigenvalue weighted by Gasteiger charge is 2.14. The molecule has 1 aliphatic rings. The Hall–Kier alpha value is -1.53. The maximum Gasteiger partial charge on any atom is 0.145 e. The summed E-state index contributed by atoms with van der Waals surface area (Å²) in [6.45, 7) is 3.42. The topological polar surface area (TPSA) is 67.2 Å². The second-order valence-electron chi connectivity index (χ2n) is 4.47. The molecule has 1 aromatic carbocycles. The lowest BCUT2D eigenvalue weighted by molar-refractivity contribution is 0.122. The van der Waals surface area contributed by atoms with E-state index in [0.717, 1.165) is 42.0 Å². The van der Waals surface area contributed by atoms with Gasteiger partial charge in [-0.15, -0.1) is 0 Å². The van der Waals surface area contributed by atoms with Crippen molar-refractivity contribution in [3.05, 3.63) is 28.7 Å². The molecule has 100 valence electrons. The minimum Gasteiger partial charge on any atom is -0.382 e. The number of hydrogen-bond donors (Lipinski definition) is 2. The van der Waals surface area contributed by atoms with Gasteiger partial charge in [-0.3, -0.25) is 5.10 Å². The summed E-state index contributed by atoms with van der Waals surface area (Å²) in [5.41, 5.74) is 8.80. The average molecular weight is 323 g/mol. The van der Waals surface area contributed by atoms with E-state index in [-0.39, 0.29) is 0 Å². The molecule has 19 heavy (non-hydrogen) atoms. The molecule has 6 heteroatoms. The molecule has 0 unspecified atom stereocenters. The normalized spacial score (nSPS) is 15.7. The van der Waals surface area contributed by atoms with Crippen molar-refractivity contribution < 1.29 is 4.74 Å². The van der Waals surface area contributed by atoms with Crippen molar-refractivity contribution in [2.24, 2.45) is 0 Å². The fraction of sp³-hybridized carbons (Fsp3) is 0.308. The molecule has 0 radical (unpaired) electrons. The maximum atomic E-state index is 5.62. The van der Waals surface area contributed by atoms with E-state index in [4.69, 9.17) is 10.5 Å². The van der Waals surface area contributed by atoms with E-state index in [1.54, 1.807) is 0 Å². The molecule has 1 aromatic heterocycles. The number of halogens is 1. The molecule has 0 bridgehead atoms. The number of H-pyrrole nitrogens is 1. The zero-order valence-corrected chi connectivity index (χ0v) is 12.0. The number of nitrogens with two attached hydrogens (primary N) is 1. The van der Waals surface area contributed by atoms with Crippen LogP contribution in [0.1, 0.15) is 0 Å². The highest BCUT2D eigenvalue weighted by Crippen LogP contribution is 2.31. The Morgan fingerprint density at radius 3 is 2.68 bits per heavy atom. The van der Waals surface area contributed by atoms with E-state index in [1.165, 1.54) is 5.69 Å². The molecular formula is C13H15BrN4O. The largest absolute Gasteiger partial charge is 0.382 e. The lowest BCUT2D eigenvalue weighted by atomic mass is 10.1. The zero-order valence-electron chi connectivity index (χ0n) is 10.4. The van der Waals surface area contributed by atoms with E-state index in [9.17, 15) is 0 Å². The number of aromatic nitrogens is 2. The van der Waals surface area contributed by atoms with Crippen LogP contribution in [-0.2, 0) is 4.74 Å². The highest BCUT2D eigenvalue weighted by molar-refractivity contribution is 9.10. The van der Waals surface area contributed by atoms with Gasteiger partial charge >= 0.3 is 0 Å². The minimum absolute atomic E-state index is 0.503. The monoisotopic (exact) mass is 322 g/mol. The van der Waals surface area contributed by atoms with Crippen molar-refractivity contribution in [1.82, 2.24) is 10.2 Å². The van der Waals surface area contributed by atoms with Crippen LogP contribution in [-0.4, -0.2) is 36.5 Å². The predicted molar refractivity (Wildman–Crippen MR) is 79.2 cm³/mol. The summed E-state index contributed by atoms with van der Waals surface area (Å²) in [5.74, 6) is 0.503. The van der Waals surface area contributed by atoms with Gasteiger partial charge in [0.15, 0.2) is 0 Å². The third-order valence-electron chi connectivity index (χ3n) is 3.21. The predicted octanol–water partition coefficient (Wildman–Crippen LogP) is 2.26. The van der Waals surface area contributed by atoms with Crippen LogP contribution in [0.2, 0.25) is 0 Å². The number of ether oxygens (including phenoxy) is 1. The van der Waals surface area contributed by atoms with Gasteiger partial charge in [0, 0.05) is 29.2 Å². The number of benzene rings is 1. The number of nitrogens with one attached hydrogen (secondary N) is 1. The molecule has 2 heterocycles. The molecule has 5 nitrogen and oxygen atoms in total. The number of nitrogens with zero attached hydrogens (tertiary/aromatic N) is 2. The van der Waals surface area contributed by atoms with Gasteiger partial charge in [-0.2, -0.15) is 5.10 Å². The van der Waals surface area contributed by atoms with Crippen LogP contribution in [0, 0.1) is 0 Å². The SMILES string of the molecule is Nc1cc(-c2ccc(N3CCOCC3)c(Br)c2)[nH]n1. The fourth-order valence-corrected chi connectivity index (χ4v) is 2.85. The number of morpholine rings is 1. The van der Waals surface area contributed by atoms with E-state index in [1.807, 2.05) is 6.07 Å². The third kappa shape index (κ3) is 2.59. The summed E-state index contributed by atoms with van der Waals surface area (Å²) < 4.78 is 6.44. The standard InChI is InChI=1S/C13H15BrN4O/c14-10-7-9(11-8-13(15)17-16-11)1-2-12(10)18-3-5-19-6-4-18/h1-2,7-8H,3-6H2,(H3,15,16,17). The molecule has 0 amide bonds. The van der Waals surface area contributed by atoms with E-state index in [0.29, 0.717) is 5.82 Å². The molecule has 1 aliphatic heterocycles. The maximum absolute atomic E-state index is 5.62. The minimum atomic E-state index is 0.503. The van der Waals surface area contributed by atoms with E-state index in [2.05, 4.69) is 49.2 Å². The Balaban J connectivity index is 1.89. The summed E-state index contributed by atoms with van der Waals surface area (Å²) in [6, 6.07) is 8.10. The summed E-state index contributed by atoms with van der Waals surface area (Å²) in [5, 5.41) is 6.86. The fourth-order valence-electron chi connectivity index (χ4n) is 2.22. The molecular weight excluding hydrogens is 308 g/mol. The van der Waals surface area contributed by atoms with Crippen LogP contribution in [0.4, 0.5) is 11.5 Å². The lowest BCUT2D eigenvalue weighted by Gasteiger charge is -2.29. The average Bonchev–Trinajstić information content (AvgIpc) is 2.86. The quantitative estimate of drug-likeness (QED) is 0.890. The molecule has 0 atom stereocenters. The van der Waals surface area contributed by atoms with Crippen LogP contribution in [0.5, 0.6) is 0 Å². The third-order valence-corrected chi connectivity index (χ3v) is 3.84. The van der Waals surface area contributed by atoms with Gasteiger partial charge < -0.3 is 15.4 Å². The smallest absolute Gasteiger partial charge is 0.145 e. The van der Waals surface area contributed by atoms with Crippen molar-refractivity contribution in [3.63, 3.8) is 0 Å². The first-order valence-electron chi connectivity index (χ1n) is 6.17. The molecule has 2 aromatic rings. The first-order valence-corrected chi connectivity index (χ1v) is 6.97. The second-order valence-corrected chi connectivity index (χ2v) is 5.33. The number of rotatable bonds is 2. The first kappa shape index (κ1) is 12.5. The summed E-state index contributed by atoms with van der Waals surface area (Å²) in [7, 11) is 0. The number of hydrogen-bond acceptors (Lipinski definition) is 4. The lowest BCUT2D eigenvalue weighted by Crippen LogP contribution is -2.36. The van der Waals surface area contributed by atoms with Gasteiger partial charge in [0.2, 0.25) is 0 Å². The Labute approximate surface area is 119 Å². The molecule has 3 N–H and O–H groups in total. The zero-order chi connectivity index (χ0) is 13.2. The van der Waals surface area contributed by atoms with Crippen molar-refractivity contribution in [2.75, 3.05) is 36.9 Å². The van der Waals surface area contributed by atoms with Crippen LogP contribution in [0.15, 0.2) is 28.7 Å². The van der Waals surface area contributed by atoms with Gasteiger partial charge in [0.05, 0.1) is 24.6 Å². The summed E-state index contributed by atoms with van der Waals surface area (Å²) in [4.78, 5) is 2.32. The van der Waals surface area contributed by atoms with Crippen LogP contribution < -0.4 is 10.6 Å². The molecule has 0 spiro atoms. The second kappa shape index (κ2) is 5.22. The van der Waals surface area contributed by atoms with Crippen molar-refractivity contribution in [3.8, 4) is 11.3 Å². The number of nitrogen functional groups attached to an aromatic ring is 1. The van der Waals surface area contributed by atoms with Crippen LogP contribution in [0.3, 0.4) is 0 Å². The molecule has 1 saturated heterocycles. The number of anilines is 2. The Kier molecular flexibility index (Phi) is 3.44. The van der Waals surface area contributed by atoms with Crippen molar-refractivity contribution in [1.29, 1.82) is 0 Å². The van der Waals surface area contributed by atoms with Crippen LogP contribution in [0.25, 0.3) is 11.3 Å². The van der Waals surface area contributed by atoms with Crippen molar-refractivity contribution >= 4 is 27.4 Å². The molecule has 0 aliphatic carbocycles. The van der Waals surface area contributed by atoms with Gasteiger partial charge in [-0.05, 0) is 28.1 Å².